The van der Waals surface area contributed by atoms with Gasteiger partial charge in [0.1, 0.15) is 11.6 Å². The number of halogens is 1. The Hall–Kier alpha value is -3.42. The number of anilines is 1. The summed E-state index contributed by atoms with van der Waals surface area (Å²) in [6.45, 7) is 0.766. The van der Waals surface area contributed by atoms with E-state index in [0.717, 1.165) is 0 Å². The van der Waals surface area contributed by atoms with Crippen LogP contribution in [0.15, 0.2) is 42.5 Å². The topological polar surface area (TPSA) is 84.9 Å². The second-order valence-corrected chi connectivity index (χ2v) is 6.99. The van der Waals surface area contributed by atoms with Gasteiger partial charge in [0.2, 0.25) is 5.91 Å². The standard InChI is InChI=1S/C22H23FN2O5/c1-29-17-9-10-19(18(12-17)22(28)30-2)24-20(26)15-4-3-11-25(13-15)21(27)14-5-7-16(23)8-6-14/h5-10,12,15H,3-4,11,13H2,1-2H3,(H,24,26). The van der Waals surface area contributed by atoms with Gasteiger partial charge in [0.25, 0.3) is 5.91 Å². The molecule has 158 valence electrons. The molecule has 0 bridgehead atoms. The highest BCUT2D eigenvalue weighted by molar-refractivity contribution is 6.02. The molecule has 1 unspecified atom stereocenters. The van der Waals surface area contributed by atoms with Crippen molar-refractivity contribution in [2.45, 2.75) is 12.8 Å². The number of amides is 2. The normalized spacial score (nSPS) is 16.0. The predicted octanol–water partition coefficient (Wildman–Crippen LogP) is 3.11. The maximum absolute atomic E-state index is 13.1. The van der Waals surface area contributed by atoms with E-state index in [-0.39, 0.29) is 23.9 Å². The van der Waals surface area contributed by atoms with Crippen LogP contribution in [-0.4, -0.2) is 50.0 Å². The van der Waals surface area contributed by atoms with E-state index < -0.39 is 17.7 Å². The molecule has 1 N–H and O–H groups in total. The molecule has 3 rings (SSSR count). The lowest BCUT2D eigenvalue weighted by molar-refractivity contribution is -0.121. The van der Waals surface area contributed by atoms with Gasteiger partial charge < -0.3 is 19.7 Å². The highest BCUT2D eigenvalue weighted by atomic mass is 19.1. The number of likely N-dealkylation sites (tertiary alicyclic amines) is 1. The molecule has 30 heavy (non-hydrogen) atoms. The van der Waals surface area contributed by atoms with Crippen LogP contribution in [0.1, 0.15) is 33.6 Å². The third-order valence-corrected chi connectivity index (χ3v) is 5.06. The first-order chi connectivity index (χ1) is 14.4. The molecular formula is C22H23FN2O5. The number of esters is 1. The first-order valence-electron chi connectivity index (χ1n) is 9.55. The van der Waals surface area contributed by atoms with Gasteiger partial charge in [0, 0.05) is 18.7 Å². The predicted molar refractivity (Wildman–Crippen MR) is 108 cm³/mol. The highest BCUT2D eigenvalue weighted by Crippen LogP contribution is 2.25. The van der Waals surface area contributed by atoms with Crippen molar-refractivity contribution < 1.29 is 28.2 Å². The molecule has 0 aliphatic carbocycles. The maximum atomic E-state index is 13.1. The number of methoxy groups -OCH3 is 2. The van der Waals surface area contributed by atoms with Gasteiger partial charge in [-0.25, -0.2) is 9.18 Å². The van der Waals surface area contributed by atoms with E-state index in [9.17, 15) is 18.8 Å². The quantitative estimate of drug-likeness (QED) is 0.760. The summed E-state index contributed by atoms with van der Waals surface area (Å²) < 4.78 is 23.0. The van der Waals surface area contributed by atoms with Gasteiger partial charge in [0.15, 0.2) is 0 Å². The van der Waals surface area contributed by atoms with Crippen molar-refractivity contribution in [1.82, 2.24) is 4.90 Å². The summed E-state index contributed by atoms with van der Waals surface area (Å²) in [7, 11) is 2.73. The Kier molecular flexibility index (Phi) is 6.66. The Labute approximate surface area is 173 Å². The van der Waals surface area contributed by atoms with Gasteiger partial charge >= 0.3 is 5.97 Å². The summed E-state index contributed by atoms with van der Waals surface area (Å²) in [5, 5.41) is 2.77. The lowest BCUT2D eigenvalue weighted by Crippen LogP contribution is -2.43. The van der Waals surface area contributed by atoms with Crippen LogP contribution >= 0.6 is 0 Å². The Morgan fingerprint density at radius 2 is 1.83 bits per heavy atom. The van der Waals surface area contributed by atoms with E-state index in [1.807, 2.05) is 0 Å². The maximum Gasteiger partial charge on any atom is 0.340 e. The van der Waals surface area contributed by atoms with E-state index in [2.05, 4.69) is 5.32 Å². The average molecular weight is 414 g/mol. The molecule has 1 saturated heterocycles. The number of nitrogens with zero attached hydrogens (tertiary/aromatic N) is 1. The molecule has 8 heteroatoms. The molecular weight excluding hydrogens is 391 g/mol. The molecule has 1 heterocycles. The van der Waals surface area contributed by atoms with Crippen LogP contribution in [0, 0.1) is 11.7 Å². The van der Waals surface area contributed by atoms with Gasteiger partial charge in [-0.3, -0.25) is 9.59 Å². The summed E-state index contributed by atoms with van der Waals surface area (Å²) in [4.78, 5) is 39.2. The summed E-state index contributed by atoms with van der Waals surface area (Å²) in [5.74, 6) is -1.52. The number of carbonyl (C=O) groups is 3. The minimum Gasteiger partial charge on any atom is -0.497 e. The fraction of sp³-hybridized carbons (Fsp3) is 0.318. The molecule has 7 nitrogen and oxygen atoms in total. The molecule has 1 aliphatic heterocycles. The number of ether oxygens (including phenoxy) is 2. The minimum atomic E-state index is -0.596. The van der Waals surface area contributed by atoms with Crippen molar-refractivity contribution in [3.63, 3.8) is 0 Å². The number of rotatable bonds is 5. The third-order valence-electron chi connectivity index (χ3n) is 5.06. The third kappa shape index (κ3) is 4.76. The molecule has 0 radical (unpaired) electrons. The van der Waals surface area contributed by atoms with E-state index in [1.165, 1.54) is 44.6 Å². The lowest BCUT2D eigenvalue weighted by atomic mass is 9.96. The smallest absolute Gasteiger partial charge is 0.340 e. The largest absolute Gasteiger partial charge is 0.497 e. The number of piperidine rings is 1. The average Bonchev–Trinajstić information content (AvgIpc) is 2.78. The van der Waals surface area contributed by atoms with Gasteiger partial charge in [-0.15, -0.1) is 0 Å². The number of hydrogen-bond donors (Lipinski definition) is 1. The van der Waals surface area contributed by atoms with Crippen LogP contribution in [0.4, 0.5) is 10.1 Å². The monoisotopic (exact) mass is 414 g/mol. The van der Waals surface area contributed by atoms with Crippen LogP contribution in [0.5, 0.6) is 5.75 Å². The molecule has 2 aromatic rings. The molecule has 1 aliphatic rings. The van der Waals surface area contributed by atoms with Crippen LogP contribution in [0.3, 0.4) is 0 Å². The van der Waals surface area contributed by atoms with Crippen molar-refractivity contribution >= 4 is 23.5 Å². The Morgan fingerprint density at radius 1 is 1.10 bits per heavy atom. The summed E-state index contributed by atoms with van der Waals surface area (Å²) in [6, 6.07) is 10.0. The highest BCUT2D eigenvalue weighted by Gasteiger charge is 2.29. The molecule has 0 aromatic heterocycles. The van der Waals surface area contributed by atoms with Crippen LogP contribution in [-0.2, 0) is 9.53 Å². The molecule has 1 fully saturated rings. The lowest BCUT2D eigenvalue weighted by Gasteiger charge is -2.32. The Morgan fingerprint density at radius 3 is 2.50 bits per heavy atom. The van der Waals surface area contributed by atoms with Crippen molar-refractivity contribution in [3.8, 4) is 5.75 Å². The van der Waals surface area contributed by atoms with E-state index in [4.69, 9.17) is 9.47 Å². The number of benzene rings is 2. The Bertz CT molecular complexity index is 945. The fourth-order valence-electron chi connectivity index (χ4n) is 3.42. The van der Waals surface area contributed by atoms with Gasteiger partial charge in [0.05, 0.1) is 31.4 Å². The second-order valence-electron chi connectivity index (χ2n) is 6.99. The van der Waals surface area contributed by atoms with Gasteiger partial charge in [-0.05, 0) is 55.3 Å². The van der Waals surface area contributed by atoms with Gasteiger partial charge in [-0.2, -0.15) is 0 Å². The molecule has 0 saturated carbocycles. The van der Waals surface area contributed by atoms with Crippen molar-refractivity contribution in [3.05, 3.63) is 59.4 Å². The first-order valence-corrected chi connectivity index (χ1v) is 9.55. The molecule has 1 atom stereocenters. The van der Waals surface area contributed by atoms with E-state index >= 15 is 0 Å². The zero-order valence-electron chi connectivity index (χ0n) is 16.8. The van der Waals surface area contributed by atoms with Crippen molar-refractivity contribution in [2.24, 2.45) is 5.92 Å². The SMILES string of the molecule is COC(=O)c1cc(OC)ccc1NC(=O)C1CCCN(C(=O)c2ccc(F)cc2)C1. The zero-order chi connectivity index (χ0) is 21.7. The molecule has 2 amide bonds. The van der Waals surface area contributed by atoms with Crippen LogP contribution < -0.4 is 10.1 Å². The summed E-state index contributed by atoms with van der Waals surface area (Å²) >= 11 is 0. The van der Waals surface area contributed by atoms with E-state index in [1.54, 1.807) is 17.0 Å². The number of nitrogens with one attached hydrogen (secondary N) is 1. The van der Waals surface area contributed by atoms with Crippen LogP contribution in [0.25, 0.3) is 0 Å². The van der Waals surface area contributed by atoms with Crippen molar-refractivity contribution in [1.29, 1.82) is 0 Å². The number of hydrogen-bond acceptors (Lipinski definition) is 5. The van der Waals surface area contributed by atoms with E-state index in [0.29, 0.717) is 36.4 Å². The number of carbonyl (C=O) groups excluding carboxylic acids is 3. The zero-order valence-corrected chi connectivity index (χ0v) is 16.8. The Balaban J connectivity index is 1.72. The molecule has 0 spiro atoms. The van der Waals surface area contributed by atoms with Crippen molar-refractivity contribution in [2.75, 3.05) is 32.6 Å². The molecule has 2 aromatic carbocycles. The van der Waals surface area contributed by atoms with Gasteiger partial charge in [-0.1, -0.05) is 0 Å². The van der Waals surface area contributed by atoms with Crippen LogP contribution in [0.2, 0.25) is 0 Å². The summed E-state index contributed by atoms with van der Waals surface area (Å²) in [6.07, 6.45) is 1.28. The second kappa shape index (κ2) is 9.39. The first kappa shape index (κ1) is 21.3. The minimum absolute atomic E-state index is 0.181. The summed E-state index contributed by atoms with van der Waals surface area (Å²) in [5.41, 5.74) is 0.871. The fourth-order valence-corrected chi connectivity index (χ4v) is 3.42.